The molecule has 4 heteroatoms. The van der Waals surface area contributed by atoms with Crippen molar-refractivity contribution in [2.24, 2.45) is 0 Å². The summed E-state index contributed by atoms with van der Waals surface area (Å²) in [4.78, 5) is 0. The van der Waals surface area contributed by atoms with Crippen LogP contribution >= 0.6 is 12.2 Å². The molecule has 1 heterocycles. The molecule has 0 saturated carbocycles. The average Bonchev–Trinajstić information content (AvgIpc) is 1.60. The highest BCUT2D eigenvalue weighted by Gasteiger charge is 2.24. The third-order valence-corrected chi connectivity index (χ3v) is 1.53. The van der Waals surface area contributed by atoms with Gasteiger partial charge >= 0.3 is 0 Å². The van der Waals surface area contributed by atoms with Gasteiger partial charge in [0.25, 0.3) is 0 Å². The summed E-state index contributed by atoms with van der Waals surface area (Å²) < 4.78 is 0. The molecule has 0 aromatic carbocycles. The quantitative estimate of drug-likeness (QED) is 0.405. The zero-order valence-corrected chi connectivity index (χ0v) is 6.09. The maximum atomic E-state index is 9.31. The Balaban J connectivity index is 2.51. The summed E-state index contributed by atoms with van der Waals surface area (Å²) in [5, 5.41) is 15.5. The van der Waals surface area contributed by atoms with E-state index < -0.39 is 5.72 Å². The molecule has 3 N–H and O–H groups in total. The standard InChI is InChI=1S/C5H10N2OS/c1-5(8)2-3-6-4(9)7-5/h8H,2-3H2,1H3,(H2,6,7,9). The minimum atomic E-state index is -0.803. The van der Waals surface area contributed by atoms with Crippen molar-refractivity contribution < 1.29 is 5.11 Å². The molecule has 0 aromatic rings. The van der Waals surface area contributed by atoms with Crippen LogP contribution in [0.4, 0.5) is 0 Å². The predicted octanol–water partition coefficient (Wildman–Crippen LogP) is -0.437. The van der Waals surface area contributed by atoms with E-state index in [1.807, 2.05) is 0 Å². The Kier molecular flexibility index (Phi) is 1.59. The first-order chi connectivity index (χ1) is 4.10. The van der Waals surface area contributed by atoms with Crippen molar-refractivity contribution in [1.29, 1.82) is 0 Å². The van der Waals surface area contributed by atoms with Gasteiger partial charge in [-0.15, -0.1) is 0 Å². The number of hydrogen-bond donors (Lipinski definition) is 3. The Morgan fingerprint density at radius 1 is 1.78 bits per heavy atom. The van der Waals surface area contributed by atoms with Crippen LogP contribution in [0.3, 0.4) is 0 Å². The fraction of sp³-hybridized carbons (Fsp3) is 0.800. The van der Waals surface area contributed by atoms with E-state index in [0.29, 0.717) is 11.5 Å². The zero-order chi connectivity index (χ0) is 6.91. The van der Waals surface area contributed by atoms with Gasteiger partial charge in [0.05, 0.1) is 0 Å². The summed E-state index contributed by atoms with van der Waals surface area (Å²) in [5.41, 5.74) is -0.803. The largest absolute Gasteiger partial charge is 0.371 e. The van der Waals surface area contributed by atoms with Crippen molar-refractivity contribution in [2.45, 2.75) is 19.1 Å². The van der Waals surface area contributed by atoms with E-state index in [4.69, 9.17) is 12.2 Å². The van der Waals surface area contributed by atoms with Crippen molar-refractivity contribution in [1.82, 2.24) is 10.6 Å². The number of nitrogens with one attached hydrogen (secondary N) is 2. The first-order valence-corrected chi connectivity index (χ1v) is 3.29. The molecule has 52 valence electrons. The highest BCUT2D eigenvalue weighted by atomic mass is 32.1. The Labute approximate surface area is 59.4 Å². The molecule has 0 aromatic heterocycles. The molecular weight excluding hydrogens is 136 g/mol. The molecule has 1 rings (SSSR count). The van der Waals surface area contributed by atoms with Gasteiger partial charge in [0.2, 0.25) is 0 Å². The molecule has 1 fully saturated rings. The Bertz CT molecular complexity index is 135. The summed E-state index contributed by atoms with van der Waals surface area (Å²) in [5.74, 6) is 0. The minimum absolute atomic E-state index is 0.534. The summed E-state index contributed by atoms with van der Waals surface area (Å²) in [6.45, 7) is 2.46. The van der Waals surface area contributed by atoms with E-state index in [-0.39, 0.29) is 0 Å². The number of aliphatic hydroxyl groups is 1. The molecule has 1 aliphatic rings. The normalized spacial score (nSPS) is 35.1. The second-order valence-corrected chi connectivity index (χ2v) is 2.81. The maximum absolute atomic E-state index is 9.31. The smallest absolute Gasteiger partial charge is 0.168 e. The predicted molar refractivity (Wildman–Crippen MR) is 39.0 cm³/mol. The monoisotopic (exact) mass is 146 g/mol. The van der Waals surface area contributed by atoms with Crippen LogP contribution in [0.5, 0.6) is 0 Å². The van der Waals surface area contributed by atoms with Gasteiger partial charge in [-0.2, -0.15) is 0 Å². The highest BCUT2D eigenvalue weighted by Crippen LogP contribution is 2.06. The van der Waals surface area contributed by atoms with Gasteiger partial charge in [-0.1, -0.05) is 0 Å². The van der Waals surface area contributed by atoms with E-state index >= 15 is 0 Å². The van der Waals surface area contributed by atoms with Crippen LogP contribution in [0.15, 0.2) is 0 Å². The molecule has 1 atom stereocenters. The third-order valence-electron chi connectivity index (χ3n) is 1.28. The lowest BCUT2D eigenvalue weighted by molar-refractivity contribution is 0.0296. The Hall–Kier alpha value is -0.350. The summed E-state index contributed by atoms with van der Waals surface area (Å²) in [7, 11) is 0. The van der Waals surface area contributed by atoms with Crippen molar-refractivity contribution in [3.8, 4) is 0 Å². The molecule has 1 aliphatic heterocycles. The number of hydrogen-bond acceptors (Lipinski definition) is 2. The highest BCUT2D eigenvalue weighted by molar-refractivity contribution is 7.80. The fourth-order valence-corrected chi connectivity index (χ4v) is 1.09. The van der Waals surface area contributed by atoms with E-state index in [0.717, 1.165) is 6.54 Å². The topological polar surface area (TPSA) is 44.3 Å². The lowest BCUT2D eigenvalue weighted by atomic mass is 10.1. The van der Waals surface area contributed by atoms with E-state index in [1.165, 1.54) is 0 Å². The second kappa shape index (κ2) is 2.11. The Morgan fingerprint density at radius 2 is 2.44 bits per heavy atom. The van der Waals surface area contributed by atoms with Gasteiger partial charge in [-0.05, 0) is 19.1 Å². The van der Waals surface area contributed by atoms with Crippen molar-refractivity contribution in [3.63, 3.8) is 0 Å². The van der Waals surface area contributed by atoms with E-state index in [9.17, 15) is 5.11 Å². The van der Waals surface area contributed by atoms with Crippen LogP contribution in [-0.4, -0.2) is 22.5 Å². The SMILES string of the molecule is CC1(O)CCNC(=S)N1. The van der Waals surface area contributed by atoms with Crippen LogP contribution in [0.2, 0.25) is 0 Å². The zero-order valence-electron chi connectivity index (χ0n) is 5.27. The van der Waals surface area contributed by atoms with Gasteiger partial charge in [0.1, 0.15) is 5.72 Å². The van der Waals surface area contributed by atoms with Crippen molar-refractivity contribution in [3.05, 3.63) is 0 Å². The molecule has 0 bridgehead atoms. The number of thiocarbonyl (C=S) groups is 1. The van der Waals surface area contributed by atoms with E-state index in [2.05, 4.69) is 10.6 Å². The van der Waals surface area contributed by atoms with E-state index in [1.54, 1.807) is 6.92 Å². The molecule has 9 heavy (non-hydrogen) atoms. The average molecular weight is 146 g/mol. The molecule has 0 spiro atoms. The molecule has 3 nitrogen and oxygen atoms in total. The van der Waals surface area contributed by atoms with Crippen LogP contribution in [0.1, 0.15) is 13.3 Å². The van der Waals surface area contributed by atoms with Crippen LogP contribution < -0.4 is 10.6 Å². The first kappa shape index (κ1) is 6.77. The van der Waals surface area contributed by atoms with Gasteiger partial charge in [-0.25, -0.2) is 0 Å². The molecule has 0 radical (unpaired) electrons. The van der Waals surface area contributed by atoms with Crippen LogP contribution in [0, 0.1) is 0 Å². The molecule has 0 aliphatic carbocycles. The third kappa shape index (κ3) is 1.80. The lowest BCUT2D eigenvalue weighted by Crippen LogP contribution is -2.56. The summed E-state index contributed by atoms with van der Waals surface area (Å²) >= 11 is 4.77. The molecule has 1 saturated heterocycles. The van der Waals surface area contributed by atoms with Gasteiger partial charge < -0.3 is 15.7 Å². The lowest BCUT2D eigenvalue weighted by Gasteiger charge is -2.31. The van der Waals surface area contributed by atoms with Crippen LogP contribution in [-0.2, 0) is 0 Å². The first-order valence-electron chi connectivity index (χ1n) is 2.88. The van der Waals surface area contributed by atoms with Gasteiger partial charge in [0, 0.05) is 13.0 Å². The van der Waals surface area contributed by atoms with Crippen molar-refractivity contribution >= 4 is 17.3 Å². The molecule has 1 unspecified atom stereocenters. The maximum Gasteiger partial charge on any atom is 0.168 e. The second-order valence-electron chi connectivity index (χ2n) is 2.40. The molecular formula is C5H10N2OS. The number of rotatable bonds is 0. The molecule has 0 amide bonds. The van der Waals surface area contributed by atoms with Gasteiger partial charge in [-0.3, -0.25) is 0 Å². The fourth-order valence-electron chi connectivity index (χ4n) is 0.771. The van der Waals surface area contributed by atoms with Gasteiger partial charge in [0.15, 0.2) is 5.11 Å². The summed E-state index contributed by atoms with van der Waals surface area (Å²) in [6, 6.07) is 0. The minimum Gasteiger partial charge on any atom is -0.371 e. The van der Waals surface area contributed by atoms with Crippen LogP contribution in [0.25, 0.3) is 0 Å². The van der Waals surface area contributed by atoms with Crippen molar-refractivity contribution in [2.75, 3.05) is 6.54 Å². The summed E-state index contributed by atoms with van der Waals surface area (Å²) in [6.07, 6.45) is 0.688. The Morgan fingerprint density at radius 3 is 2.78 bits per heavy atom.